The van der Waals surface area contributed by atoms with Gasteiger partial charge in [0.15, 0.2) is 11.6 Å². The molecule has 1 N–H and O–H groups in total. The molecule has 5 aromatic rings. The Kier molecular flexibility index (Phi) is 5.61. The lowest BCUT2D eigenvalue weighted by molar-refractivity contribution is -0.120. The van der Waals surface area contributed by atoms with Crippen molar-refractivity contribution in [1.82, 2.24) is 34.3 Å². The molecule has 180 valence electrons. The van der Waals surface area contributed by atoms with Crippen molar-refractivity contribution in [2.75, 3.05) is 23.3 Å². The van der Waals surface area contributed by atoms with Crippen LogP contribution in [-0.2, 0) is 4.79 Å². The van der Waals surface area contributed by atoms with Crippen molar-refractivity contribution in [2.45, 2.75) is 19.8 Å². The Morgan fingerprint density at radius 2 is 1.97 bits per heavy atom. The highest BCUT2D eigenvalue weighted by Gasteiger charge is 2.27. The Morgan fingerprint density at radius 3 is 2.78 bits per heavy atom. The highest BCUT2D eigenvalue weighted by Crippen LogP contribution is 2.26. The molecule has 1 fully saturated rings. The van der Waals surface area contributed by atoms with Crippen LogP contribution >= 0.6 is 0 Å². The summed E-state index contributed by atoms with van der Waals surface area (Å²) >= 11 is 0. The van der Waals surface area contributed by atoms with Crippen LogP contribution in [-0.4, -0.2) is 53.3 Å². The van der Waals surface area contributed by atoms with Gasteiger partial charge in [-0.2, -0.15) is 5.10 Å². The minimum atomic E-state index is -0.142. The second-order valence-corrected chi connectivity index (χ2v) is 8.99. The van der Waals surface area contributed by atoms with Crippen LogP contribution in [0.4, 0.5) is 11.5 Å². The van der Waals surface area contributed by atoms with Gasteiger partial charge in [-0.05, 0) is 55.7 Å². The fourth-order valence-electron chi connectivity index (χ4n) is 4.63. The number of piperidine rings is 1. The number of carbonyl (C=O) groups excluding carboxylic acids is 1. The van der Waals surface area contributed by atoms with Gasteiger partial charge in [-0.1, -0.05) is 18.2 Å². The fourth-order valence-corrected chi connectivity index (χ4v) is 4.63. The quantitative estimate of drug-likeness (QED) is 0.411. The van der Waals surface area contributed by atoms with Crippen LogP contribution in [0.1, 0.15) is 18.4 Å². The van der Waals surface area contributed by atoms with Crippen LogP contribution in [0.2, 0.25) is 0 Å². The largest absolute Gasteiger partial charge is 0.354 e. The Bertz CT molecular complexity index is 1510. The van der Waals surface area contributed by atoms with Crippen molar-refractivity contribution in [3.8, 4) is 17.1 Å². The van der Waals surface area contributed by atoms with E-state index in [1.165, 1.54) is 6.33 Å². The number of fused-ring (bicyclic) bond motifs is 1. The lowest BCUT2D eigenvalue weighted by Gasteiger charge is -2.32. The molecular formula is C26H25N9O. The molecule has 4 aromatic heterocycles. The third-order valence-corrected chi connectivity index (χ3v) is 6.51. The number of hydrogen-bond acceptors (Lipinski definition) is 7. The van der Waals surface area contributed by atoms with E-state index >= 15 is 0 Å². The molecule has 1 aliphatic heterocycles. The topological polar surface area (TPSA) is 106 Å². The van der Waals surface area contributed by atoms with Crippen LogP contribution in [0.3, 0.4) is 0 Å². The van der Waals surface area contributed by atoms with Crippen LogP contribution in [0, 0.1) is 12.8 Å². The third kappa shape index (κ3) is 4.28. The molecule has 6 rings (SSSR count). The summed E-state index contributed by atoms with van der Waals surface area (Å²) in [6.45, 7) is 3.48. The van der Waals surface area contributed by atoms with Gasteiger partial charge in [0.2, 0.25) is 5.91 Å². The molecule has 0 radical (unpaired) electrons. The molecule has 1 aromatic carbocycles. The molecule has 10 nitrogen and oxygen atoms in total. The number of amides is 1. The molecule has 10 heteroatoms. The molecule has 1 saturated heterocycles. The van der Waals surface area contributed by atoms with Crippen molar-refractivity contribution >= 4 is 23.1 Å². The van der Waals surface area contributed by atoms with Gasteiger partial charge in [0.25, 0.3) is 0 Å². The van der Waals surface area contributed by atoms with Crippen molar-refractivity contribution in [3.63, 3.8) is 0 Å². The lowest BCUT2D eigenvalue weighted by Crippen LogP contribution is -2.41. The summed E-state index contributed by atoms with van der Waals surface area (Å²) in [4.78, 5) is 24.0. The molecule has 1 atom stereocenters. The molecule has 0 aliphatic carbocycles. The smallest absolute Gasteiger partial charge is 0.229 e. The van der Waals surface area contributed by atoms with Gasteiger partial charge >= 0.3 is 0 Å². The van der Waals surface area contributed by atoms with E-state index in [0.29, 0.717) is 12.4 Å². The zero-order chi connectivity index (χ0) is 24.5. The van der Waals surface area contributed by atoms with E-state index in [4.69, 9.17) is 4.98 Å². The van der Waals surface area contributed by atoms with Gasteiger partial charge in [0.1, 0.15) is 18.3 Å². The van der Waals surface area contributed by atoms with Gasteiger partial charge in [-0.25, -0.2) is 14.6 Å². The van der Waals surface area contributed by atoms with Gasteiger partial charge in [0.05, 0.1) is 11.6 Å². The number of carbonyl (C=O) groups is 1. The average Bonchev–Trinajstić information content (AvgIpc) is 3.61. The first kappa shape index (κ1) is 21.9. The van der Waals surface area contributed by atoms with Gasteiger partial charge < -0.3 is 14.6 Å². The van der Waals surface area contributed by atoms with Crippen LogP contribution in [0.15, 0.2) is 73.6 Å². The number of hydrogen-bond donors (Lipinski definition) is 1. The van der Waals surface area contributed by atoms with Crippen molar-refractivity contribution < 1.29 is 4.79 Å². The zero-order valence-corrected chi connectivity index (χ0v) is 19.8. The molecule has 1 unspecified atom stereocenters. The molecule has 1 amide bonds. The lowest BCUT2D eigenvalue weighted by atomic mass is 9.97. The van der Waals surface area contributed by atoms with E-state index in [0.717, 1.165) is 53.4 Å². The Balaban J connectivity index is 1.14. The zero-order valence-electron chi connectivity index (χ0n) is 19.8. The minimum absolute atomic E-state index is 0.00916. The predicted molar refractivity (Wildman–Crippen MR) is 136 cm³/mol. The first-order valence-corrected chi connectivity index (χ1v) is 11.9. The predicted octanol–water partition coefficient (Wildman–Crippen LogP) is 3.54. The normalized spacial score (nSPS) is 15.8. The van der Waals surface area contributed by atoms with Crippen LogP contribution < -0.4 is 10.2 Å². The number of pyridine rings is 1. The Labute approximate surface area is 207 Å². The Morgan fingerprint density at radius 1 is 1.08 bits per heavy atom. The summed E-state index contributed by atoms with van der Waals surface area (Å²) < 4.78 is 3.58. The fraction of sp³-hybridized carbons (Fsp3) is 0.231. The second kappa shape index (κ2) is 9.21. The molecule has 36 heavy (non-hydrogen) atoms. The molecule has 0 saturated carbocycles. The van der Waals surface area contributed by atoms with E-state index in [1.54, 1.807) is 11.0 Å². The summed E-state index contributed by atoms with van der Waals surface area (Å²) in [5, 5.41) is 15.8. The highest BCUT2D eigenvalue weighted by atomic mass is 16.1. The number of aryl methyl sites for hydroxylation is 1. The van der Waals surface area contributed by atoms with Crippen molar-refractivity contribution in [3.05, 3.63) is 79.1 Å². The number of rotatable bonds is 5. The summed E-state index contributed by atoms with van der Waals surface area (Å²) in [5.74, 6) is 1.22. The second-order valence-electron chi connectivity index (χ2n) is 8.99. The van der Waals surface area contributed by atoms with Crippen molar-refractivity contribution in [2.24, 2.45) is 5.92 Å². The standard InChI is InChI=1S/C26H25N9O/c1-18-5-3-12-34-15-22(30-25(18)34)19-6-2-8-21(13-19)29-26(36)20-7-4-11-33(14-20)23-9-10-24(32-31-23)35-17-27-16-28-35/h2-3,5-6,8-10,12-13,15-17,20H,4,7,11,14H2,1H3,(H,29,36). The van der Waals surface area contributed by atoms with Crippen LogP contribution in [0.5, 0.6) is 0 Å². The average molecular weight is 480 g/mol. The van der Waals surface area contributed by atoms with E-state index in [9.17, 15) is 4.79 Å². The number of imidazole rings is 1. The van der Waals surface area contributed by atoms with Gasteiger partial charge in [-0.15, -0.1) is 10.2 Å². The van der Waals surface area contributed by atoms with Crippen molar-refractivity contribution in [1.29, 1.82) is 0 Å². The Hall–Kier alpha value is -4.60. The number of aromatic nitrogens is 7. The van der Waals surface area contributed by atoms with E-state index in [2.05, 4.69) is 30.5 Å². The number of benzene rings is 1. The van der Waals surface area contributed by atoms with Gasteiger partial charge in [0, 0.05) is 36.7 Å². The first-order chi connectivity index (χ1) is 17.6. The molecule has 5 heterocycles. The van der Waals surface area contributed by atoms with Crippen LogP contribution in [0.25, 0.3) is 22.7 Å². The maximum absolute atomic E-state index is 13.2. The van der Waals surface area contributed by atoms with E-state index < -0.39 is 0 Å². The van der Waals surface area contributed by atoms with E-state index in [-0.39, 0.29) is 11.8 Å². The molecule has 0 bridgehead atoms. The molecular weight excluding hydrogens is 454 g/mol. The maximum atomic E-state index is 13.2. The number of anilines is 2. The maximum Gasteiger partial charge on any atom is 0.229 e. The first-order valence-electron chi connectivity index (χ1n) is 11.9. The summed E-state index contributed by atoms with van der Waals surface area (Å²) in [5.41, 5.74) is 4.65. The summed E-state index contributed by atoms with van der Waals surface area (Å²) in [7, 11) is 0. The SMILES string of the molecule is Cc1cccn2cc(-c3cccc(NC(=O)C4CCCN(c5ccc(-n6cncn6)nn5)C4)c3)nc12. The number of nitrogens with one attached hydrogen (secondary N) is 1. The number of nitrogens with zero attached hydrogens (tertiary/aromatic N) is 8. The molecule has 1 aliphatic rings. The monoisotopic (exact) mass is 479 g/mol. The summed E-state index contributed by atoms with van der Waals surface area (Å²) in [6, 6.07) is 15.7. The van der Waals surface area contributed by atoms with Gasteiger partial charge in [-0.3, -0.25) is 4.79 Å². The molecule has 0 spiro atoms. The summed E-state index contributed by atoms with van der Waals surface area (Å²) in [6.07, 6.45) is 8.78. The minimum Gasteiger partial charge on any atom is -0.354 e. The van der Waals surface area contributed by atoms with E-state index in [1.807, 2.05) is 72.2 Å². The third-order valence-electron chi connectivity index (χ3n) is 6.51. The highest BCUT2D eigenvalue weighted by molar-refractivity contribution is 5.93.